The second-order valence-electron chi connectivity index (χ2n) is 17.4. The molecule has 1 saturated heterocycles. The van der Waals surface area contributed by atoms with Crippen molar-refractivity contribution in [2.75, 3.05) is 13.2 Å². The van der Waals surface area contributed by atoms with Gasteiger partial charge in [0.15, 0.2) is 24.6 Å². The molecular weight excluding hydrogens is 901 g/mol. The minimum Gasteiger partial charge on any atom is -0.479 e. The van der Waals surface area contributed by atoms with Gasteiger partial charge in [0.25, 0.3) is 0 Å². The number of carbonyl (C=O) groups excluding carboxylic acids is 3. The van der Waals surface area contributed by atoms with Gasteiger partial charge in [-0.15, -0.1) is 0 Å². The van der Waals surface area contributed by atoms with E-state index in [9.17, 15) is 34.5 Å². The van der Waals surface area contributed by atoms with Crippen LogP contribution < -0.4 is 0 Å². The summed E-state index contributed by atoms with van der Waals surface area (Å²) in [6.45, 7) is 5.59. The fraction of sp³-hybridized carbons (Fsp3) is 0.593. The predicted molar refractivity (Wildman–Crippen MR) is 284 cm³/mol. The second kappa shape index (κ2) is 46.2. The predicted octanol–water partition coefficient (Wildman–Crippen LogP) is 12.9. The highest BCUT2D eigenvalue weighted by Crippen LogP contribution is 2.26. The molecule has 0 radical (unpaired) electrons. The van der Waals surface area contributed by atoms with Crippen LogP contribution in [0.1, 0.15) is 175 Å². The average molecular weight is 991 g/mol. The molecule has 0 bridgehead atoms. The van der Waals surface area contributed by atoms with Gasteiger partial charge in [-0.05, 0) is 103 Å². The molecule has 1 aliphatic rings. The van der Waals surface area contributed by atoms with Crippen molar-refractivity contribution in [2.45, 2.75) is 212 Å². The molecule has 0 aromatic carbocycles. The van der Waals surface area contributed by atoms with E-state index in [1.54, 1.807) is 12.2 Å². The number of carbonyl (C=O) groups is 4. The zero-order valence-corrected chi connectivity index (χ0v) is 43.4. The van der Waals surface area contributed by atoms with Gasteiger partial charge in [-0.25, -0.2) is 4.79 Å². The molecule has 398 valence electrons. The minimum absolute atomic E-state index is 0.126. The second-order valence-corrected chi connectivity index (χ2v) is 17.4. The number of aliphatic hydroxyl groups excluding tert-OH is 2. The molecular formula is C59H90O12. The number of hydrogen-bond donors (Lipinski definition) is 3. The standard InChI is InChI=1S/C59H90O12/c1-4-7-10-13-16-19-22-24-26-28-31-33-36-39-42-45-51(60)67-48-50(69-52(61)46-43-40-37-34-30-21-18-15-12-9-6-3)49-68-59-57(55(64)54(63)56(71-59)58(65)66)70-53(62)47-44-41-38-35-32-29-27-25-23-20-17-14-11-8-5-2/h7-8,10-11,15-20,24-27,31-33,35,41,44,50,54-57,59,63-64H,4-6,9,12-14,21-23,28-30,34,36-40,42-43,45-49H2,1-3H3,(H,65,66)/b10-7-,11-8-,18-15-,19-16-,20-17-,26-24-,27-25-,33-31-,35-32-,44-41-. The summed E-state index contributed by atoms with van der Waals surface area (Å²) in [4.78, 5) is 50.8. The van der Waals surface area contributed by atoms with Gasteiger partial charge in [-0.1, -0.05) is 174 Å². The van der Waals surface area contributed by atoms with Crippen molar-refractivity contribution >= 4 is 23.9 Å². The van der Waals surface area contributed by atoms with Crippen molar-refractivity contribution in [3.63, 3.8) is 0 Å². The highest BCUT2D eigenvalue weighted by molar-refractivity contribution is 5.74. The monoisotopic (exact) mass is 991 g/mol. The van der Waals surface area contributed by atoms with Crippen LogP contribution in [-0.4, -0.2) is 89.2 Å². The Kier molecular flexibility index (Phi) is 41.7. The third kappa shape index (κ3) is 36.7. The van der Waals surface area contributed by atoms with Crippen LogP contribution in [0.25, 0.3) is 0 Å². The number of unbranched alkanes of at least 4 members (excludes halogenated alkanes) is 9. The number of aliphatic hydroxyl groups is 2. The number of hydrogen-bond acceptors (Lipinski definition) is 11. The maximum Gasteiger partial charge on any atom is 0.335 e. The molecule has 0 spiro atoms. The molecule has 6 unspecified atom stereocenters. The molecule has 6 atom stereocenters. The van der Waals surface area contributed by atoms with Crippen LogP contribution in [0.3, 0.4) is 0 Å². The van der Waals surface area contributed by atoms with Crippen molar-refractivity contribution in [1.82, 2.24) is 0 Å². The maximum absolute atomic E-state index is 13.1. The van der Waals surface area contributed by atoms with Crippen molar-refractivity contribution in [3.05, 3.63) is 122 Å². The number of esters is 3. The van der Waals surface area contributed by atoms with Crippen LogP contribution in [0.4, 0.5) is 0 Å². The van der Waals surface area contributed by atoms with Crippen LogP contribution in [0.5, 0.6) is 0 Å². The highest BCUT2D eigenvalue weighted by Gasteiger charge is 2.50. The van der Waals surface area contributed by atoms with Crippen LogP contribution >= 0.6 is 0 Å². The number of allylic oxidation sites excluding steroid dienone is 19. The summed E-state index contributed by atoms with van der Waals surface area (Å²) in [5.74, 6) is -3.38. The summed E-state index contributed by atoms with van der Waals surface area (Å²) < 4.78 is 28.1. The third-order valence-electron chi connectivity index (χ3n) is 11.0. The lowest BCUT2D eigenvalue weighted by atomic mass is 9.98. The van der Waals surface area contributed by atoms with E-state index in [2.05, 4.69) is 118 Å². The zero-order chi connectivity index (χ0) is 51.8. The molecule has 0 saturated carbocycles. The third-order valence-corrected chi connectivity index (χ3v) is 11.0. The van der Waals surface area contributed by atoms with E-state index in [-0.39, 0.29) is 25.9 Å². The van der Waals surface area contributed by atoms with E-state index in [1.165, 1.54) is 12.8 Å². The first-order valence-corrected chi connectivity index (χ1v) is 26.5. The van der Waals surface area contributed by atoms with Crippen molar-refractivity contribution in [3.8, 4) is 0 Å². The molecule has 1 heterocycles. The van der Waals surface area contributed by atoms with E-state index >= 15 is 0 Å². The Morgan fingerprint density at radius 1 is 0.493 bits per heavy atom. The van der Waals surface area contributed by atoms with Gasteiger partial charge in [0.05, 0.1) is 13.0 Å². The maximum atomic E-state index is 13.1. The lowest BCUT2D eigenvalue weighted by molar-refractivity contribution is -0.301. The molecule has 3 N–H and O–H groups in total. The smallest absolute Gasteiger partial charge is 0.335 e. The molecule has 71 heavy (non-hydrogen) atoms. The van der Waals surface area contributed by atoms with Gasteiger partial charge in [-0.3, -0.25) is 14.4 Å². The first kappa shape index (κ1) is 64.1. The van der Waals surface area contributed by atoms with Gasteiger partial charge in [0.2, 0.25) is 0 Å². The Bertz CT molecular complexity index is 1700. The largest absolute Gasteiger partial charge is 0.479 e. The molecule has 0 aromatic heterocycles. The van der Waals surface area contributed by atoms with Crippen LogP contribution in [0.15, 0.2) is 122 Å². The van der Waals surface area contributed by atoms with Crippen molar-refractivity contribution < 1.29 is 58.2 Å². The van der Waals surface area contributed by atoms with Crippen LogP contribution in [-0.2, 0) is 42.9 Å². The minimum atomic E-state index is -1.95. The number of carboxylic acids is 1. The van der Waals surface area contributed by atoms with Gasteiger partial charge in [-0.2, -0.15) is 0 Å². The topological polar surface area (TPSA) is 175 Å². The van der Waals surface area contributed by atoms with E-state index < -0.39 is 67.3 Å². The van der Waals surface area contributed by atoms with Crippen LogP contribution in [0, 0.1) is 0 Å². The van der Waals surface area contributed by atoms with E-state index in [0.717, 1.165) is 103 Å². The molecule has 1 aliphatic heterocycles. The highest BCUT2D eigenvalue weighted by atomic mass is 16.7. The van der Waals surface area contributed by atoms with Crippen molar-refractivity contribution in [1.29, 1.82) is 0 Å². The Balaban J connectivity index is 2.81. The fourth-order valence-electron chi connectivity index (χ4n) is 7.00. The summed E-state index contributed by atoms with van der Waals surface area (Å²) in [7, 11) is 0. The summed E-state index contributed by atoms with van der Waals surface area (Å²) in [6, 6.07) is 0. The summed E-state index contributed by atoms with van der Waals surface area (Å²) in [5, 5.41) is 31.3. The summed E-state index contributed by atoms with van der Waals surface area (Å²) >= 11 is 0. The van der Waals surface area contributed by atoms with Gasteiger partial charge in [0, 0.05) is 12.8 Å². The Hall–Kier alpha value is -4.88. The quantitative estimate of drug-likeness (QED) is 0.0229. The molecule has 12 heteroatoms. The molecule has 1 fully saturated rings. The molecule has 1 rings (SSSR count). The fourth-order valence-corrected chi connectivity index (χ4v) is 7.00. The van der Waals surface area contributed by atoms with Gasteiger partial charge >= 0.3 is 23.9 Å². The Labute approximate surface area is 427 Å². The van der Waals surface area contributed by atoms with Crippen molar-refractivity contribution in [2.24, 2.45) is 0 Å². The number of carboxylic acid groups (broad SMARTS) is 1. The number of aliphatic carboxylic acids is 1. The van der Waals surface area contributed by atoms with E-state index in [1.807, 2.05) is 12.2 Å². The Morgan fingerprint density at radius 3 is 1.46 bits per heavy atom. The first-order chi connectivity index (χ1) is 34.6. The number of rotatable bonds is 42. The zero-order valence-electron chi connectivity index (χ0n) is 43.4. The van der Waals surface area contributed by atoms with E-state index in [0.29, 0.717) is 19.3 Å². The van der Waals surface area contributed by atoms with Crippen LogP contribution in [0.2, 0.25) is 0 Å². The Morgan fingerprint density at radius 2 is 0.930 bits per heavy atom. The first-order valence-electron chi connectivity index (χ1n) is 26.5. The van der Waals surface area contributed by atoms with Gasteiger partial charge in [0.1, 0.15) is 18.8 Å². The van der Waals surface area contributed by atoms with Gasteiger partial charge < -0.3 is 39.0 Å². The molecule has 0 aliphatic carbocycles. The number of ether oxygens (including phenoxy) is 5. The summed E-state index contributed by atoms with van der Waals surface area (Å²) in [5.41, 5.74) is 0. The van der Waals surface area contributed by atoms with E-state index in [4.69, 9.17) is 23.7 Å². The normalized spacial score (nSPS) is 19.5. The molecule has 12 nitrogen and oxygen atoms in total. The lowest BCUT2D eigenvalue weighted by Gasteiger charge is -2.40. The summed E-state index contributed by atoms with van der Waals surface area (Å²) in [6.07, 6.45) is 50.7. The SMILES string of the molecule is CC/C=C\C/C=C\C/C=C\C/C=C\C/C=C\CC(=O)OC1C(OCC(COC(=O)CCCC/C=C\C/C=C\C/C=C\C/C=C\CC)OC(=O)CCCCCCC/C=C\CCCC)OC(C(=O)O)C(O)C1O. The lowest BCUT2D eigenvalue weighted by Crippen LogP contribution is -2.61. The average Bonchev–Trinajstić information content (AvgIpc) is 3.35. The molecule has 0 amide bonds. The molecule has 0 aromatic rings.